The van der Waals surface area contributed by atoms with Crippen LogP contribution in [0.3, 0.4) is 0 Å². The van der Waals surface area contributed by atoms with Crippen LogP contribution < -0.4 is 5.32 Å². The van der Waals surface area contributed by atoms with E-state index < -0.39 is 27.8 Å². The van der Waals surface area contributed by atoms with Gasteiger partial charge in [-0.2, -0.15) is 0 Å². The lowest BCUT2D eigenvalue weighted by molar-refractivity contribution is -0.139. The van der Waals surface area contributed by atoms with Crippen molar-refractivity contribution in [1.29, 1.82) is 0 Å². The molecular weight excluding hydrogens is 296 g/mol. The van der Waals surface area contributed by atoms with Crippen molar-refractivity contribution in [3.8, 4) is 0 Å². The third kappa shape index (κ3) is 4.32. The highest BCUT2D eigenvalue weighted by Gasteiger charge is 2.28. The van der Waals surface area contributed by atoms with Crippen LogP contribution in [-0.2, 0) is 14.6 Å². The fourth-order valence-electron chi connectivity index (χ4n) is 2.08. The zero-order valence-electron chi connectivity index (χ0n) is 11.7. The average molecular weight is 314 g/mol. The molecule has 8 heteroatoms. The first-order valence-electron chi connectivity index (χ1n) is 6.66. The lowest BCUT2D eigenvalue weighted by atomic mass is 10.2. The minimum absolute atomic E-state index is 0.149. The van der Waals surface area contributed by atoms with Gasteiger partial charge >= 0.3 is 5.97 Å². The van der Waals surface area contributed by atoms with Gasteiger partial charge in [0.1, 0.15) is 21.6 Å². The normalized spacial score (nSPS) is 16.4. The van der Waals surface area contributed by atoms with Crippen LogP contribution in [0.5, 0.6) is 0 Å². The van der Waals surface area contributed by atoms with Crippen LogP contribution in [0.2, 0.25) is 0 Å². The van der Waals surface area contributed by atoms with Crippen molar-refractivity contribution in [1.82, 2.24) is 9.88 Å². The highest BCUT2D eigenvalue weighted by molar-refractivity contribution is 7.90. The molecule has 0 spiro atoms. The van der Waals surface area contributed by atoms with Gasteiger partial charge in [0.05, 0.1) is 5.75 Å². The number of hydrogen-bond donors (Lipinski definition) is 2. The Hall–Kier alpha value is -1.83. The summed E-state index contributed by atoms with van der Waals surface area (Å²) in [5.41, 5.74) is 0.406. The van der Waals surface area contributed by atoms with Gasteiger partial charge in [-0.25, -0.2) is 13.2 Å². The fourth-order valence-corrected chi connectivity index (χ4v) is 2.74. The van der Waals surface area contributed by atoms with E-state index in [1.54, 1.807) is 18.3 Å². The van der Waals surface area contributed by atoms with Crippen LogP contribution in [0.1, 0.15) is 35.8 Å². The zero-order valence-corrected chi connectivity index (χ0v) is 12.5. The molecule has 2 N–H and O–H groups in total. The molecule has 0 aliphatic heterocycles. The van der Waals surface area contributed by atoms with Crippen LogP contribution in [0.25, 0.3) is 0 Å². The molecule has 0 saturated heterocycles. The summed E-state index contributed by atoms with van der Waals surface area (Å²) >= 11 is 0. The van der Waals surface area contributed by atoms with Crippen LogP contribution >= 0.6 is 0 Å². The fraction of sp³-hybridized carbons (Fsp3) is 0.538. The molecule has 1 saturated carbocycles. The van der Waals surface area contributed by atoms with Gasteiger partial charge in [-0.05, 0) is 31.4 Å². The number of nitrogens with one attached hydrogen (secondary N) is 1. The quantitative estimate of drug-likeness (QED) is 0.760. The minimum Gasteiger partial charge on any atom is -0.480 e. The van der Waals surface area contributed by atoms with E-state index in [0.29, 0.717) is 11.7 Å². The van der Waals surface area contributed by atoms with Crippen LogP contribution in [-0.4, -0.2) is 48.0 Å². The van der Waals surface area contributed by atoms with E-state index in [9.17, 15) is 18.0 Å². The molecule has 1 fully saturated rings. The molecule has 0 aromatic carbocycles. The third-order valence-corrected chi connectivity index (χ3v) is 4.31. The Labute approximate surface area is 122 Å². The number of rotatable bonds is 7. The third-order valence-electron chi connectivity index (χ3n) is 3.33. The Kier molecular flexibility index (Phi) is 4.36. The van der Waals surface area contributed by atoms with Gasteiger partial charge in [0, 0.05) is 18.5 Å². The molecule has 1 aliphatic carbocycles. The maximum Gasteiger partial charge on any atom is 0.326 e. The first kappa shape index (κ1) is 15.6. The summed E-state index contributed by atoms with van der Waals surface area (Å²) in [4.78, 5) is 23.3. The lowest BCUT2D eigenvalue weighted by Crippen LogP contribution is -2.42. The number of aromatic nitrogens is 1. The monoisotopic (exact) mass is 314 g/mol. The average Bonchev–Trinajstić information content (AvgIpc) is 3.10. The van der Waals surface area contributed by atoms with Gasteiger partial charge < -0.3 is 15.0 Å². The Morgan fingerprint density at radius 1 is 1.48 bits per heavy atom. The Morgan fingerprint density at radius 2 is 2.14 bits per heavy atom. The highest BCUT2D eigenvalue weighted by atomic mass is 32.2. The van der Waals surface area contributed by atoms with Crippen molar-refractivity contribution in [3.63, 3.8) is 0 Å². The van der Waals surface area contributed by atoms with Crippen molar-refractivity contribution in [2.75, 3.05) is 12.0 Å². The molecular formula is C13H18N2O5S. The highest BCUT2D eigenvalue weighted by Crippen LogP contribution is 2.35. The molecule has 1 aromatic heterocycles. The first-order chi connectivity index (χ1) is 9.78. The number of hydrogen-bond acceptors (Lipinski definition) is 4. The van der Waals surface area contributed by atoms with Gasteiger partial charge in [0.2, 0.25) is 0 Å². The summed E-state index contributed by atoms with van der Waals surface area (Å²) in [5.74, 6) is -2.02. The lowest BCUT2D eigenvalue weighted by Gasteiger charge is -2.15. The number of carboxylic acid groups (broad SMARTS) is 1. The zero-order chi connectivity index (χ0) is 15.6. The molecule has 1 unspecified atom stereocenters. The molecule has 1 aliphatic rings. The second kappa shape index (κ2) is 5.88. The molecule has 7 nitrogen and oxygen atoms in total. The van der Waals surface area contributed by atoms with Crippen LogP contribution in [0, 0.1) is 0 Å². The van der Waals surface area contributed by atoms with Gasteiger partial charge in [-0.3, -0.25) is 4.79 Å². The minimum atomic E-state index is -3.27. The smallest absolute Gasteiger partial charge is 0.326 e. The summed E-state index contributed by atoms with van der Waals surface area (Å²) in [5, 5.41) is 11.5. The second-order valence-electron chi connectivity index (χ2n) is 5.31. The predicted molar refractivity (Wildman–Crippen MR) is 75.9 cm³/mol. The number of carbonyl (C=O) groups excluding carboxylic acids is 1. The first-order valence-corrected chi connectivity index (χ1v) is 8.72. The van der Waals surface area contributed by atoms with Crippen molar-refractivity contribution in [2.24, 2.45) is 0 Å². The molecule has 116 valence electrons. The van der Waals surface area contributed by atoms with E-state index in [2.05, 4.69) is 5.32 Å². The molecule has 1 atom stereocenters. The summed E-state index contributed by atoms with van der Waals surface area (Å²) in [7, 11) is -3.27. The maximum atomic E-state index is 12.2. The number of nitrogens with zero attached hydrogens (tertiary/aromatic N) is 1. The molecule has 21 heavy (non-hydrogen) atoms. The van der Waals surface area contributed by atoms with Crippen LogP contribution in [0.15, 0.2) is 18.3 Å². The summed E-state index contributed by atoms with van der Waals surface area (Å²) in [6.45, 7) is 0. The molecule has 2 rings (SSSR count). The van der Waals surface area contributed by atoms with E-state index in [4.69, 9.17) is 5.11 Å². The van der Waals surface area contributed by atoms with E-state index in [1.807, 2.05) is 4.57 Å². The number of carboxylic acids is 1. The topological polar surface area (TPSA) is 105 Å². The number of carbonyl (C=O) groups is 2. The van der Waals surface area contributed by atoms with E-state index in [0.717, 1.165) is 19.1 Å². The van der Waals surface area contributed by atoms with E-state index in [1.165, 1.54) is 0 Å². The number of sulfone groups is 1. The largest absolute Gasteiger partial charge is 0.480 e. The molecule has 0 bridgehead atoms. The standard InChI is InChI=1S/C13H18N2O5S/c1-21(19,20)8-6-10(13(17)18)14-12(16)11-3-2-7-15(11)9-4-5-9/h2-3,7,9-10H,4-6,8H2,1H3,(H,14,16)(H,17,18). The van der Waals surface area contributed by atoms with Crippen molar-refractivity contribution < 1.29 is 23.1 Å². The molecule has 1 heterocycles. The van der Waals surface area contributed by atoms with Gasteiger partial charge in [0.25, 0.3) is 5.91 Å². The summed E-state index contributed by atoms with van der Waals surface area (Å²) < 4.78 is 24.1. The molecule has 1 aromatic rings. The van der Waals surface area contributed by atoms with Crippen molar-refractivity contribution in [2.45, 2.75) is 31.3 Å². The molecule has 0 radical (unpaired) electrons. The summed E-state index contributed by atoms with van der Waals surface area (Å²) in [6.07, 6.45) is 4.69. The predicted octanol–water partition coefficient (Wildman–Crippen LogP) is 0.441. The van der Waals surface area contributed by atoms with Crippen LogP contribution in [0.4, 0.5) is 0 Å². The SMILES string of the molecule is CS(=O)(=O)CCC(NC(=O)c1cccn1C1CC1)C(=O)O. The second-order valence-corrected chi connectivity index (χ2v) is 7.57. The number of aliphatic carboxylic acids is 1. The van der Waals surface area contributed by atoms with E-state index in [-0.39, 0.29) is 12.2 Å². The Morgan fingerprint density at radius 3 is 2.67 bits per heavy atom. The maximum absolute atomic E-state index is 12.2. The van der Waals surface area contributed by atoms with E-state index >= 15 is 0 Å². The van der Waals surface area contributed by atoms with Crippen molar-refractivity contribution in [3.05, 3.63) is 24.0 Å². The Bertz CT molecular complexity index is 645. The van der Waals surface area contributed by atoms with Gasteiger partial charge in [-0.1, -0.05) is 0 Å². The van der Waals surface area contributed by atoms with Crippen molar-refractivity contribution >= 4 is 21.7 Å². The van der Waals surface area contributed by atoms with Gasteiger partial charge in [0.15, 0.2) is 0 Å². The molecule has 1 amide bonds. The Balaban J connectivity index is 2.04. The van der Waals surface area contributed by atoms with Gasteiger partial charge in [-0.15, -0.1) is 0 Å². The summed E-state index contributed by atoms with van der Waals surface area (Å²) in [6, 6.07) is 2.46. The number of amides is 1.